The first-order valence-corrected chi connectivity index (χ1v) is 8.35. The van der Waals surface area contributed by atoms with E-state index in [0.717, 1.165) is 6.07 Å². The molecule has 146 valence electrons. The summed E-state index contributed by atoms with van der Waals surface area (Å²) in [6, 6.07) is 12.1. The Labute approximate surface area is 163 Å². The molecule has 0 fully saturated rings. The maximum Gasteiger partial charge on any atom is 0.353 e. The van der Waals surface area contributed by atoms with Crippen molar-refractivity contribution in [2.75, 3.05) is 5.32 Å². The Bertz CT molecular complexity index is 1170. The largest absolute Gasteiger partial charge is 0.493 e. The molecule has 2 N–H and O–H groups in total. The first kappa shape index (κ1) is 19.4. The van der Waals surface area contributed by atoms with E-state index < -0.39 is 16.7 Å². The molecule has 0 unspecified atom stereocenters. The van der Waals surface area contributed by atoms with Crippen LogP contribution in [0.25, 0.3) is 10.9 Å². The molecule has 0 spiro atoms. The van der Waals surface area contributed by atoms with E-state index in [0.29, 0.717) is 17.4 Å². The smallest absolute Gasteiger partial charge is 0.353 e. The highest BCUT2D eigenvalue weighted by Crippen LogP contribution is 2.38. The van der Waals surface area contributed by atoms with Crippen LogP contribution in [0, 0.1) is 10.1 Å². The van der Waals surface area contributed by atoms with Crippen LogP contribution in [0.3, 0.4) is 0 Å². The SMILES string of the molecule is C=CCn1c(O)c(N=NC(=O)C(=O)Nc2cccc([N+](=O)[O-])c2)c2ccccc21. The molecule has 0 radical (unpaired) electrons. The van der Waals surface area contributed by atoms with E-state index >= 15 is 0 Å². The number of carbonyl (C=O) groups excluding carboxylic acids is 2. The van der Waals surface area contributed by atoms with Gasteiger partial charge in [0.05, 0.1) is 10.4 Å². The summed E-state index contributed by atoms with van der Waals surface area (Å²) in [5, 5.41) is 31.1. The molecule has 3 aromatic rings. The highest BCUT2D eigenvalue weighted by atomic mass is 16.6. The van der Waals surface area contributed by atoms with Crippen LogP contribution in [-0.2, 0) is 16.1 Å². The van der Waals surface area contributed by atoms with E-state index in [1.807, 2.05) is 0 Å². The molecule has 3 rings (SSSR count). The highest BCUT2D eigenvalue weighted by Gasteiger charge is 2.18. The van der Waals surface area contributed by atoms with Gasteiger partial charge in [-0.25, -0.2) is 0 Å². The third-order valence-corrected chi connectivity index (χ3v) is 3.98. The number of aromatic hydroxyl groups is 1. The number of benzene rings is 2. The van der Waals surface area contributed by atoms with Crippen molar-refractivity contribution in [3.63, 3.8) is 0 Å². The second-order valence-electron chi connectivity index (χ2n) is 5.86. The number of nitrogens with one attached hydrogen (secondary N) is 1. The van der Waals surface area contributed by atoms with Crippen LogP contribution < -0.4 is 5.32 Å². The number of aromatic nitrogens is 1. The lowest BCUT2D eigenvalue weighted by Crippen LogP contribution is -2.20. The van der Waals surface area contributed by atoms with Crippen molar-refractivity contribution in [3.05, 3.63) is 71.3 Å². The molecule has 0 aliphatic carbocycles. The molecule has 0 saturated heterocycles. The van der Waals surface area contributed by atoms with Crippen LogP contribution in [0.1, 0.15) is 0 Å². The molecule has 0 saturated carbocycles. The topological polar surface area (TPSA) is 139 Å². The standard InChI is InChI=1S/C19H15N5O5/c1-2-10-23-15-9-4-3-8-14(15)16(19(23)27)21-22-18(26)17(25)20-12-6-5-7-13(11-12)24(28)29/h2-9,11,27H,1,10H2,(H,20,25). The minimum atomic E-state index is -1.23. The van der Waals surface area contributed by atoms with E-state index in [1.165, 1.54) is 22.8 Å². The van der Waals surface area contributed by atoms with Crippen LogP contribution in [-0.4, -0.2) is 26.4 Å². The van der Waals surface area contributed by atoms with Gasteiger partial charge in [-0.15, -0.1) is 16.8 Å². The second kappa shape index (κ2) is 8.13. The van der Waals surface area contributed by atoms with Crippen LogP contribution in [0.15, 0.2) is 71.4 Å². The van der Waals surface area contributed by atoms with Crippen molar-refractivity contribution < 1.29 is 19.6 Å². The fraction of sp³-hybridized carbons (Fsp3) is 0.0526. The van der Waals surface area contributed by atoms with Crippen molar-refractivity contribution in [2.45, 2.75) is 6.54 Å². The van der Waals surface area contributed by atoms with E-state index in [2.05, 4.69) is 22.1 Å². The number of amides is 2. The number of rotatable bonds is 5. The summed E-state index contributed by atoms with van der Waals surface area (Å²) in [7, 11) is 0. The second-order valence-corrected chi connectivity index (χ2v) is 5.86. The first-order chi connectivity index (χ1) is 13.9. The summed E-state index contributed by atoms with van der Waals surface area (Å²) < 4.78 is 1.53. The number of azo groups is 1. The predicted molar refractivity (Wildman–Crippen MR) is 105 cm³/mol. The molecule has 1 aromatic heterocycles. The average Bonchev–Trinajstić information content (AvgIpc) is 2.98. The van der Waals surface area contributed by atoms with Gasteiger partial charge in [-0.2, -0.15) is 0 Å². The Morgan fingerprint density at radius 3 is 2.72 bits per heavy atom. The molecule has 0 aliphatic heterocycles. The lowest BCUT2D eigenvalue weighted by Gasteiger charge is -2.02. The number of nitrogens with zero attached hydrogens (tertiary/aromatic N) is 4. The Balaban J connectivity index is 1.83. The average molecular weight is 393 g/mol. The van der Waals surface area contributed by atoms with Crippen LogP contribution >= 0.6 is 0 Å². The monoisotopic (exact) mass is 393 g/mol. The number of para-hydroxylation sites is 1. The molecule has 2 aromatic carbocycles. The molecule has 2 amide bonds. The maximum absolute atomic E-state index is 12.0. The number of nitro groups is 1. The number of allylic oxidation sites excluding steroid dienone is 1. The van der Waals surface area contributed by atoms with Gasteiger partial charge < -0.3 is 15.0 Å². The molecular weight excluding hydrogens is 378 g/mol. The molecule has 10 heteroatoms. The number of nitro benzene ring substituents is 1. The van der Waals surface area contributed by atoms with Crippen molar-refractivity contribution in [1.82, 2.24) is 4.57 Å². The van der Waals surface area contributed by atoms with Gasteiger partial charge in [-0.1, -0.05) is 30.3 Å². The Hall–Kier alpha value is -4.34. The number of carbonyl (C=O) groups is 2. The zero-order valence-corrected chi connectivity index (χ0v) is 15.0. The molecule has 10 nitrogen and oxygen atoms in total. The van der Waals surface area contributed by atoms with Crippen molar-refractivity contribution in [1.29, 1.82) is 0 Å². The Morgan fingerprint density at radius 2 is 2.00 bits per heavy atom. The highest BCUT2D eigenvalue weighted by molar-refractivity contribution is 6.40. The number of anilines is 1. The summed E-state index contributed by atoms with van der Waals surface area (Å²) in [5.41, 5.74) is 0.529. The van der Waals surface area contributed by atoms with E-state index in [1.54, 1.807) is 30.3 Å². The van der Waals surface area contributed by atoms with Gasteiger partial charge in [-0.3, -0.25) is 19.7 Å². The molecule has 0 aliphatic rings. The first-order valence-electron chi connectivity index (χ1n) is 8.35. The van der Waals surface area contributed by atoms with Gasteiger partial charge in [0.15, 0.2) is 5.69 Å². The summed E-state index contributed by atoms with van der Waals surface area (Å²) in [6.45, 7) is 3.94. The van der Waals surface area contributed by atoms with E-state index in [4.69, 9.17) is 0 Å². The van der Waals surface area contributed by atoms with Gasteiger partial charge in [0.2, 0.25) is 5.88 Å². The van der Waals surface area contributed by atoms with Crippen molar-refractivity contribution in [2.24, 2.45) is 10.2 Å². The van der Waals surface area contributed by atoms with E-state index in [-0.39, 0.29) is 22.9 Å². The fourth-order valence-corrected chi connectivity index (χ4v) is 2.71. The molecule has 0 atom stereocenters. The van der Waals surface area contributed by atoms with Gasteiger partial charge >= 0.3 is 11.8 Å². The third kappa shape index (κ3) is 4.00. The third-order valence-electron chi connectivity index (χ3n) is 3.98. The van der Waals surface area contributed by atoms with Gasteiger partial charge in [0.25, 0.3) is 5.69 Å². The Morgan fingerprint density at radius 1 is 1.24 bits per heavy atom. The fourth-order valence-electron chi connectivity index (χ4n) is 2.71. The lowest BCUT2D eigenvalue weighted by atomic mass is 10.2. The minimum absolute atomic E-state index is 0.0407. The van der Waals surface area contributed by atoms with Crippen molar-refractivity contribution >= 4 is 39.8 Å². The van der Waals surface area contributed by atoms with E-state index in [9.17, 15) is 24.8 Å². The number of non-ortho nitro benzene ring substituents is 1. The number of hydrogen-bond donors (Lipinski definition) is 2. The lowest BCUT2D eigenvalue weighted by molar-refractivity contribution is -0.384. The number of hydrogen-bond acceptors (Lipinski definition) is 6. The van der Waals surface area contributed by atoms with Crippen molar-refractivity contribution in [3.8, 4) is 5.88 Å². The summed E-state index contributed by atoms with van der Waals surface area (Å²) in [6.07, 6.45) is 1.59. The molecular formula is C19H15N5O5. The van der Waals surface area contributed by atoms with Crippen LogP contribution in [0.2, 0.25) is 0 Å². The van der Waals surface area contributed by atoms with Gasteiger partial charge in [0.1, 0.15) is 0 Å². The quantitative estimate of drug-likeness (QED) is 0.224. The van der Waals surface area contributed by atoms with Crippen LogP contribution in [0.4, 0.5) is 17.1 Å². The minimum Gasteiger partial charge on any atom is -0.493 e. The van der Waals surface area contributed by atoms with Gasteiger partial charge in [0, 0.05) is 29.8 Å². The summed E-state index contributed by atoms with van der Waals surface area (Å²) in [5.74, 6) is -2.57. The van der Waals surface area contributed by atoms with Gasteiger partial charge in [-0.05, 0) is 12.1 Å². The normalized spacial score (nSPS) is 10.9. The maximum atomic E-state index is 12.0. The van der Waals surface area contributed by atoms with Crippen LogP contribution in [0.5, 0.6) is 5.88 Å². The molecule has 0 bridgehead atoms. The molecule has 29 heavy (non-hydrogen) atoms. The molecule has 1 heterocycles. The summed E-state index contributed by atoms with van der Waals surface area (Å²) >= 11 is 0. The zero-order chi connectivity index (χ0) is 21.0. The Kier molecular flexibility index (Phi) is 5.44. The number of fused-ring (bicyclic) bond motifs is 1. The summed E-state index contributed by atoms with van der Waals surface area (Å²) in [4.78, 5) is 34.2. The predicted octanol–water partition coefficient (Wildman–Crippen LogP) is 3.69. The zero-order valence-electron chi connectivity index (χ0n) is 15.0.